The van der Waals surface area contributed by atoms with Crippen molar-refractivity contribution in [1.29, 1.82) is 0 Å². The number of benzene rings is 1. The first-order valence-corrected chi connectivity index (χ1v) is 10.1. The van der Waals surface area contributed by atoms with Gasteiger partial charge < -0.3 is 20.3 Å². The molecule has 1 aromatic carbocycles. The average molecular weight is 378 g/mol. The van der Waals surface area contributed by atoms with Crippen LogP contribution in [0.5, 0.6) is 5.75 Å². The van der Waals surface area contributed by atoms with Crippen LogP contribution >= 0.6 is 11.1 Å². The molecule has 0 saturated heterocycles. The van der Waals surface area contributed by atoms with Crippen LogP contribution in [0.4, 0.5) is 11.6 Å². The lowest BCUT2D eigenvalue weighted by Gasteiger charge is -2.07. The predicted molar refractivity (Wildman–Crippen MR) is 107 cm³/mol. The molecular formula is C18H27N5O2S. The molecule has 1 heterocycles. The van der Waals surface area contributed by atoms with Crippen LogP contribution in [0.1, 0.15) is 44.6 Å². The van der Waals surface area contributed by atoms with E-state index < -0.39 is 11.1 Å². The van der Waals surface area contributed by atoms with Crippen LogP contribution in [0.3, 0.4) is 0 Å². The molecule has 2 aromatic rings. The fourth-order valence-electron chi connectivity index (χ4n) is 2.35. The lowest BCUT2D eigenvalue weighted by molar-refractivity contribution is 0.315. The summed E-state index contributed by atoms with van der Waals surface area (Å²) in [4.78, 5) is 4.47. The first-order chi connectivity index (χ1) is 12.7. The van der Waals surface area contributed by atoms with Crippen LogP contribution in [0.25, 0.3) is 0 Å². The van der Waals surface area contributed by atoms with Crippen molar-refractivity contribution in [2.75, 3.05) is 30.7 Å². The molecule has 1 unspecified atom stereocenters. The Bertz CT molecular complexity index is 690. The van der Waals surface area contributed by atoms with E-state index in [4.69, 9.17) is 10.5 Å². The number of aromatic nitrogens is 2. The van der Waals surface area contributed by atoms with Crippen molar-refractivity contribution < 1.29 is 9.29 Å². The quantitative estimate of drug-likeness (QED) is 0.332. The van der Waals surface area contributed by atoms with E-state index in [2.05, 4.69) is 26.0 Å². The smallest absolute Gasteiger partial charge is 0.232 e. The molecule has 0 amide bonds. The average Bonchev–Trinajstić information content (AvgIpc) is 2.95. The monoisotopic (exact) mass is 377 g/mol. The summed E-state index contributed by atoms with van der Waals surface area (Å²) in [5.74, 6) is 1.40. The van der Waals surface area contributed by atoms with Gasteiger partial charge in [0, 0.05) is 28.1 Å². The number of aliphatic imine (C=N–C) groups is 1. The minimum atomic E-state index is -1.58. The molecule has 8 heteroatoms. The van der Waals surface area contributed by atoms with Gasteiger partial charge in [0.15, 0.2) is 11.1 Å². The van der Waals surface area contributed by atoms with Crippen LogP contribution in [0.2, 0.25) is 0 Å². The van der Waals surface area contributed by atoms with Gasteiger partial charge in [-0.1, -0.05) is 38.3 Å². The number of nitrogen functional groups attached to an aromatic ring is 1. The first-order valence-electron chi connectivity index (χ1n) is 9.01. The van der Waals surface area contributed by atoms with Crippen molar-refractivity contribution in [3.05, 3.63) is 29.8 Å². The van der Waals surface area contributed by atoms with Gasteiger partial charge in [-0.3, -0.25) is 4.99 Å². The lowest BCUT2D eigenvalue weighted by Crippen LogP contribution is -2.08. The molecule has 0 aliphatic carbocycles. The van der Waals surface area contributed by atoms with Gasteiger partial charge in [0.2, 0.25) is 11.6 Å². The summed E-state index contributed by atoms with van der Waals surface area (Å²) in [6.45, 7) is 4.25. The van der Waals surface area contributed by atoms with Gasteiger partial charge in [0.1, 0.15) is 5.75 Å². The normalized spacial score (nSPS) is 11.8. The maximum atomic E-state index is 11.1. The first kappa shape index (κ1) is 20.1. The molecule has 7 nitrogen and oxygen atoms in total. The molecule has 0 fully saturated rings. The second-order valence-electron chi connectivity index (χ2n) is 5.94. The van der Waals surface area contributed by atoms with E-state index in [0.29, 0.717) is 19.0 Å². The molecule has 2 rings (SSSR count). The van der Waals surface area contributed by atoms with Crippen LogP contribution in [-0.4, -0.2) is 39.2 Å². The van der Waals surface area contributed by atoms with Crippen molar-refractivity contribution in [1.82, 2.24) is 8.75 Å². The molecule has 0 spiro atoms. The van der Waals surface area contributed by atoms with Crippen LogP contribution in [0, 0.1) is 0 Å². The van der Waals surface area contributed by atoms with Crippen molar-refractivity contribution in [3.63, 3.8) is 0 Å². The van der Waals surface area contributed by atoms with Crippen LogP contribution in [-0.2, 0) is 0 Å². The highest BCUT2D eigenvalue weighted by molar-refractivity contribution is 7.14. The lowest BCUT2D eigenvalue weighted by atomic mass is 10.2. The Morgan fingerprint density at radius 3 is 2.92 bits per heavy atom. The number of rotatable bonds is 12. The Balaban J connectivity index is 1.66. The fraction of sp³-hybridized carbons (Fsp3) is 0.500. The van der Waals surface area contributed by atoms with Crippen LogP contribution in [0.15, 0.2) is 29.3 Å². The summed E-state index contributed by atoms with van der Waals surface area (Å²) in [7, 11) is 0. The van der Waals surface area contributed by atoms with Gasteiger partial charge >= 0.3 is 0 Å². The molecule has 0 aliphatic rings. The van der Waals surface area contributed by atoms with Crippen LogP contribution < -0.4 is 15.8 Å². The largest absolute Gasteiger partial charge is 0.546 e. The summed E-state index contributed by atoms with van der Waals surface area (Å²) >= 11 is -1.58. The number of anilines is 2. The van der Waals surface area contributed by atoms with E-state index in [0.717, 1.165) is 30.7 Å². The van der Waals surface area contributed by atoms with Gasteiger partial charge in [-0.15, -0.1) is 0 Å². The highest BCUT2D eigenvalue weighted by Crippen LogP contribution is 2.18. The number of hydrogen-bond acceptors (Lipinski definition) is 7. The summed E-state index contributed by atoms with van der Waals surface area (Å²) in [6, 6.07) is 7.90. The topological polar surface area (TPSA) is 108 Å². The molecule has 142 valence electrons. The van der Waals surface area contributed by atoms with Gasteiger partial charge in [0.25, 0.3) is 0 Å². The number of ether oxygens (including phenoxy) is 1. The van der Waals surface area contributed by atoms with Gasteiger partial charge in [-0.2, -0.15) is 0 Å². The van der Waals surface area contributed by atoms with E-state index in [1.54, 1.807) is 0 Å². The number of unbranched alkanes of at least 4 members (excludes halogenated alkanes) is 3. The molecule has 3 N–H and O–H groups in total. The minimum Gasteiger partial charge on any atom is -0.546 e. The maximum absolute atomic E-state index is 11.1. The third-order valence-electron chi connectivity index (χ3n) is 3.71. The second-order valence-corrected chi connectivity index (χ2v) is 6.77. The van der Waals surface area contributed by atoms with Crippen molar-refractivity contribution in [2.45, 2.75) is 39.0 Å². The Morgan fingerprint density at radius 2 is 2.15 bits per heavy atom. The van der Waals surface area contributed by atoms with Crippen molar-refractivity contribution >= 4 is 29.0 Å². The van der Waals surface area contributed by atoms with Crippen molar-refractivity contribution in [3.8, 4) is 5.75 Å². The van der Waals surface area contributed by atoms with E-state index in [1.807, 2.05) is 30.5 Å². The van der Waals surface area contributed by atoms with E-state index in [1.165, 1.54) is 19.3 Å². The molecule has 0 radical (unpaired) electrons. The molecule has 1 atom stereocenters. The Hall–Kier alpha value is -2.19. The molecule has 1 aromatic heterocycles. The highest BCUT2D eigenvalue weighted by atomic mass is 32.2. The van der Waals surface area contributed by atoms with Gasteiger partial charge in [0.05, 0.1) is 6.61 Å². The highest BCUT2D eigenvalue weighted by Gasteiger charge is 2.10. The molecular weight excluding hydrogens is 350 g/mol. The molecule has 0 saturated carbocycles. The van der Waals surface area contributed by atoms with Gasteiger partial charge in [-0.25, -0.2) is 0 Å². The number of nitrogens with zero attached hydrogens (tertiary/aromatic N) is 3. The minimum absolute atomic E-state index is 0.186. The third-order valence-corrected chi connectivity index (χ3v) is 4.40. The summed E-state index contributed by atoms with van der Waals surface area (Å²) in [5, 5.41) is 3.01. The van der Waals surface area contributed by atoms with E-state index in [-0.39, 0.29) is 5.82 Å². The number of hydrogen-bond donors (Lipinski definition) is 2. The fourth-order valence-corrected chi connectivity index (χ4v) is 2.96. The zero-order chi connectivity index (χ0) is 18.6. The maximum Gasteiger partial charge on any atom is 0.232 e. The molecule has 26 heavy (non-hydrogen) atoms. The second kappa shape index (κ2) is 11.4. The Labute approximate surface area is 157 Å². The zero-order valence-corrected chi connectivity index (χ0v) is 16.0. The summed E-state index contributed by atoms with van der Waals surface area (Å²) < 4.78 is 24.3. The standard InChI is InChI=1S/C18H27N5O2S/c1-2-3-4-5-10-20-14-15-8-6-9-16(13-15)25-12-7-11-21-18-17(19)22-26(24)23-18/h6,8-9,13-14H,2-5,7,10-12H2,1H3,(H2,19,22)(H,21,23). The third kappa shape index (κ3) is 7.37. The predicted octanol–water partition coefficient (Wildman–Crippen LogP) is 3.67. The number of nitrogens with one attached hydrogen (secondary N) is 1. The van der Waals surface area contributed by atoms with Gasteiger partial charge in [-0.05, 0) is 30.5 Å². The number of nitrogens with two attached hydrogens (primary N) is 1. The Kier molecular flexibility index (Phi) is 8.85. The van der Waals surface area contributed by atoms with E-state index >= 15 is 0 Å². The molecule has 0 aliphatic heterocycles. The summed E-state index contributed by atoms with van der Waals surface area (Å²) in [5.41, 5.74) is 6.63. The zero-order valence-electron chi connectivity index (χ0n) is 15.2. The Morgan fingerprint density at radius 1 is 1.27 bits per heavy atom. The summed E-state index contributed by atoms with van der Waals surface area (Å²) in [6.07, 6.45) is 7.56. The SMILES string of the molecule is CCCCCCN=Cc1cccc(OCCCNc2n[s+]([O-])nc2N)c1. The van der Waals surface area contributed by atoms with E-state index in [9.17, 15) is 4.55 Å². The van der Waals surface area contributed by atoms with Crippen molar-refractivity contribution in [2.24, 2.45) is 4.99 Å². The molecule has 0 bridgehead atoms.